The van der Waals surface area contributed by atoms with E-state index in [1.807, 2.05) is 20.2 Å². The molecule has 9 heteroatoms. The van der Waals surface area contributed by atoms with Crippen molar-refractivity contribution < 1.29 is 9.84 Å². The molecule has 4 heterocycles. The van der Waals surface area contributed by atoms with Crippen molar-refractivity contribution in [1.29, 1.82) is 0 Å². The van der Waals surface area contributed by atoms with E-state index in [2.05, 4.69) is 34.6 Å². The summed E-state index contributed by atoms with van der Waals surface area (Å²) in [5.41, 5.74) is 0. The number of hydrogen-bond donors (Lipinski definition) is 1. The van der Waals surface area contributed by atoms with Gasteiger partial charge < -0.3 is 24.5 Å². The maximum atomic E-state index is 10.1. The predicted octanol–water partition coefficient (Wildman–Crippen LogP) is 0.0354. The van der Waals surface area contributed by atoms with Crippen molar-refractivity contribution in [3.05, 3.63) is 30.9 Å². The van der Waals surface area contributed by atoms with Crippen molar-refractivity contribution in [1.82, 2.24) is 24.8 Å². The van der Waals surface area contributed by atoms with E-state index < -0.39 is 0 Å². The molecule has 2 aliphatic heterocycles. The zero-order valence-electron chi connectivity index (χ0n) is 15.6. The van der Waals surface area contributed by atoms with Crippen LogP contribution in [-0.2, 0) is 0 Å². The van der Waals surface area contributed by atoms with E-state index in [-0.39, 0.29) is 18.2 Å². The smallest absolute Gasteiger partial charge is 0.316 e. The fourth-order valence-electron chi connectivity index (χ4n) is 3.63. The van der Waals surface area contributed by atoms with Crippen LogP contribution >= 0.6 is 0 Å². The summed E-state index contributed by atoms with van der Waals surface area (Å²) < 4.78 is 5.75. The van der Waals surface area contributed by atoms with Crippen molar-refractivity contribution in [2.24, 2.45) is 0 Å². The van der Waals surface area contributed by atoms with Gasteiger partial charge in [-0.05, 0) is 26.6 Å². The summed E-state index contributed by atoms with van der Waals surface area (Å²) in [7, 11) is 4.09. The molecule has 27 heavy (non-hydrogen) atoms. The molecule has 0 aliphatic carbocycles. The minimum Gasteiger partial charge on any atom is -0.456 e. The molecular formula is C18H25N7O2. The van der Waals surface area contributed by atoms with E-state index >= 15 is 0 Å². The van der Waals surface area contributed by atoms with Gasteiger partial charge in [-0.15, -0.1) is 0 Å². The normalized spacial score (nSPS) is 23.0. The molecule has 2 aromatic rings. The molecule has 2 aromatic heterocycles. The Balaban J connectivity index is 1.40. The summed E-state index contributed by atoms with van der Waals surface area (Å²) in [6, 6.07) is 4.42. The first-order chi connectivity index (χ1) is 13.1. The third kappa shape index (κ3) is 4.09. The van der Waals surface area contributed by atoms with Crippen LogP contribution in [0.2, 0.25) is 0 Å². The quantitative estimate of drug-likeness (QED) is 0.755. The molecule has 2 fully saturated rings. The lowest BCUT2D eigenvalue weighted by atomic mass is 10.1. The Morgan fingerprint density at radius 3 is 2.59 bits per heavy atom. The number of anilines is 2. The molecule has 0 spiro atoms. The molecule has 1 N–H and O–H groups in total. The molecule has 0 saturated carbocycles. The number of nitrogens with zero attached hydrogens (tertiary/aromatic N) is 7. The van der Waals surface area contributed by atoms with Crippen molar-refractivity contribution in [3.63, 3.8) is 0 Å². The fraction of sp³-hybridized carbons (Fsp3) is 0.556. The molecule has 144 valence electrons. The van der Waals surface area contributed by atoms with Crippen LogP contribution in [0, 0.1) is 0 Å². The zero-order chi connectivity index (χ0) is 18.8. The highest BCUT2D eigenvalue weighted by molar-refractivity contribution is 5.53. The van der Waals surface area contributed by atoms with Crippen LogP contribution in [-0.4, -0.2) is 88.5 Å². The summed E-state index contributed by atoms with van der Waals surface area (Å²) in [4.78, 5) is 23.5. The van der Waals surface area contributed by atoms with Gasteiger partial charge in [-0.1, -0.05) is 0 Å². The van der Waals surface area contributed by atoms with E-state index in [0.717, 1.165) is 37.7 Å². The summed E-state index contributed by atoms with van der Waals surface area (Å²) in [6.07, 6.45) is 5.43. The highest BCUT2D eigenvalue weighted by Crippen LogP contribution is 2.28. The number of likely N-dealkylation sites (N-methyl/N-ethyl adjacent to an activating group) is 1. The maximum absolute atomic E-state index is 10.1. The topological polar surface area (TPSA) is 90.7 Å². The Morgan fingerprint density at radius 1 is 1.11 bits per heavy atom. The molecule has 2 atom stereocenters. The number of β-amino-alcohol motifs (C(OH)–C–C–N with tert-alkyl or cyclic N) is 1. The number of hydrogen-bond acceptors (Lipinski definition) is 9. The lowest BCUT2D eigenvalue weighted by Crippen LogP contribution is -2.54. The van der Waals surface area contributed by atoms with Gasteiger partial charge in [0.2, 0.25) is 0 Å². The Morgan fingerprint density at radius 2 is 1.85 bits per heavy atom. The molecule has 4 rings (SSSR count). The summed E-state index contributed by atoms with van der Waals surface area (Å²) in [5, 5.41) is 10.1. The minimum absolute atomic E-state index is 0.0564. The van der Waals surface area contributed by atoms with Gasteiger partial charge in [0.1, 0.15) is 24.1 Å². The van der Waals surface area contributed by atoms with Crippen LogP contribution < -0.4 is 14.5 Å². The SMILES string of the molecule is CN(C)C[C@H]1C[C@@H](O)CN1c1cc(N2CC(Oc3ncccn3)C2)ncn1. The van der Waals surface area contributed by atoms with Gasteiger partial charge in [-0.25, -0.2) is 19.9 Å². The number of ether oxygens (including phenoxy) is 1. The molecule has 0 unspecified atom stereocenters. The Kier molecular flexibility index (Phi) is 5.04. The minimum atomic E-state index is -0.318. The van der Waals surface area contributed by atoms with Gasteiger partial charge >= 0.3 is 6.01 Å². The monoisotopic (exact) mass is 371 g/mol. The molecule has 0 bridgehead atoms. The van der Waals surface area contributed by atoms with E-state index in [0.29, 0.717) is 12.6 Å². The van der Waals surface area contributed by atoms with Crippen LogP contribution in [0.25, 0.3) is 0 Å². The molecule has 9 nitrogen and oxygen atoms in total. The van der Waals surface area contributed by atoms with Crippen molar-refractivity contribution in [2.45, 2.75) is 24.7 Å². The molecule has 0 radical (unpaired) electrons. The van der Waals surface area contributed by atoms with Gasteiger partial charge in [0.15, 0.2) is 0 Å². The van der Waals surface area contributed by atoms with E-state index in [4.69, 9.17) is 4.74 Å². The van der Waals surface area contributed by atoms with Crippen molar-refractivity contribution in [3.8, 4) is 6.01 Å². The van der Waals surface area contributed by atoms with Crippen LogP contribution in [0.15, 0.2) is 30.9 Å². The zero-order valence-corrected chi connectivity index (χ0v) is 15.6. The molecule has 2 aliphatic rings. The van der Waals surface area contributed by atoms with Crippen LogP contribution in [0.3, 0.4) is 0 Å². The van der Waals surface area contributed by atoms with E-state index in [9.17, 15) is 5.11 Å². The average molecular weight is 371 g/mol. The van der Waals surface area contributed by atoms with Gasteiger partial charge in [0.05, 0.1) is 19.2 Å². The number of aliphatic hydroxyl groups is 1. The first kappa shape index (κ1) is 17.9. The first-order valence-corrected chi connectivity index (χ1v) is 9.18. The largest absolute Gasteiger partial charge is 0.456 e. The van der Waals surface area contributed by atoms with E-state index in [1.165, 1.54) is 0 Å². The lowest BCUT2D eigenvalue weighted by molar-refractivity contribution is 0.152. The highest BCUT2D eigenvalue weighted by atomic mass is 16.5. The lowest BCUT2D eigenvalue weighted by Gasteiger charge is -2.39. The van der Waals surface area contributed by atoms with Crippen LogP contribution in [0.4, 0.5) is 11.6 Å². The van der Waals surface area contributed by atoms with Crippen LogP contribution in [0.5, 0.6) is 6.01 Å². The van der Waals surface area contributed by atoms with Crippen molar-refractivity contribution >= 4 is 11.6 Å². The Hall–Kier alpha value is -2.52. The van der Waals surface area contributed by atoms with Gasteiger partial charge in [0.25, 0.3) is 0 Å². The molecule has 2 saturated heterocycles. The van der Waals surface area contributed by atoms with Gasteiger partial charge in [-0.3, -0.25) is 0 Å². The predicted molar refractivity (Wildman–Crippen MR) is 101 cm³/mol. The first-order valence-electron chi connectivity index (χ1n) is 9.18. The number of rotatable bonds is 6. The van der Waals surface area contributed by atoms with Gasteiger partial charge in [0, 0.05) is 37.6 Å². The highest BCUT2D eigenvalue weighted by Gasteiger charge is 2.34. The fourth-order valence-corrected chi connectivity index (χ4v) is 3.63. The van der Waals surface area contributed by atoms with Crippen LogP contribution in [0.1, 0.15) is 6.42 Å². The molecule has 0 amide bonds. The van der Waals surface area contributed by atoms with Crippen molar-refractivity contribution in [2.75, 3.05) is 50.1 Å². The summed E-state index contributed by atoms with van der Waals surface area (Å²) in [5.74, 6) is 1.73. The second kappa shape index (κ2) is 7.61. The average Bonchev–Trinajstić information content (AvgIpc) is 2.98. The molecular weight excluding hydrogens is 346 g/mol. The van der Waals surface area contributed by atoms with Gasteiger partial charge in [-0.2, -0.15) is 0 Å². The third-order valence-electron chi connectivity index (χ3n) is 4.89. The second-order valence-electron chi connectivity index (χ2n) is 7.37. The maximum Gasteiger partial charge on any atom is 0.316 e. The number of aromatic nitrogens is 4. The standard InChI is InChI=1S/C18H25N7O2/c1-23(2)8-13-6-14(26)9-25(13)17-7-16(21-12-22-17)24-10-15(11-24)27-18-19-4-3-5-20-18/h3-5,7,12-15,26H,6,8-11H2,1-2H3/t13-,14-/m1/s1. The second-order valence-corrected chi connectivity index (χ2v) is 7.37. The summed E-state index contributed by atoms with van der Waals surface area (Å²) in [6.45, 7) is 2.95. The third-order valence-corrected chi connectivity index (χ3v) is 4.89. The Bertz CT molecular complexity index is 754. The summed E-state index contributed by atoms with van der Waals surface area (Å²) >= 11 is 0. The Labute approximate surface area is 158 Å². The number of aliphatic hydroxyl groups excluding tert-OH is 1. The van der Waals surface area contributed by atoms with E-state index in [1.54, 1.807) is 24.8 Å². The molecule has 0 aromatic carbocycles.